The summed E-state index contributed by atoms with van der Waals surface area (Å²) in [5.41, 5.74) is 3.72. The lowest BCUT2D eigenvalue weighted by molar-refractivity contribution is 0.0735. The summed E-state index contributed by atoms with van der Waals surface area (Å²) in [4.78, 5) is 14.3. The normalized spacial score (nSPS) is 10.2. The van der Waals surface area contributed by atoms with Crippen LogP contribution in [0, 0.1) is 0 Å². The van der Waals surface area contributed by atoms with E-state index in [1.807, 2.05) is 91.8 Å². The molecular weight excluding hydrogens is 298 g/mol. The Hall–Kier alpha value is -3.07. The van der Waals surface area contributed by atoms with Gasteiger partial charge >= 0.3 is 5.97 Å². The molecule has 0 bridgehead atoms. The van der Waals surface area contributed by atoms with Crippen LogP contribution in [0.4, 0.5) is 5.69 Å². The number of ether oxygens (including phenoxy) is 1. The molecule has 0 saturated carbocycles. The van der Waals surface area contributed by atoms with Crippen LogP contribution in [0.3, 0.4) is 0 Å². The molecule has 0 aromatic heterocycles. The highest BCUT2D eigenvalue weighted by Gasteiger charge is 2.10. The summed E-state index contributed by atoms with van der Waals surface area (Å²) >= 11 is 0. The molecule has 0 spiro atoms. The lowest BCUT2D eigenvalue weighted by Gasteiger charge is -2.13. The van der Waals surface area contributed by atoms with Gasteiger partial charge in [-0.05, 0) is 41.5 Å². The molecule has 3 heteroatoms. The molecule has 0 saturated heterocycles. The molecule has 0 atom stereocenters. The van der Waals surface area contributed by atoms with Crippen LogP contribution in [0.25, 0.3) is 11.1 Å². The number of benzene rings is 3. The monoisotopic (exact) mass is 317 g/mol. The number of anilines is 1. The quantitative estimate of drug-likeness (QED) is 0.518. The van der Waals surface area contributed by atoms with Crippen molar-refractivity contribution in [3.63, 3.8) is 0 Å². The van der Waals surface area contributed by atoms with E-state index in [1.165, 1.54) is 0 Å². The van der Waals surface area contributed by atoms with Gasteiger partial charge in [-0.1, -0.05) is 48.5 Å². The van der Waals surface area contributed by atoms with Crippen LogP contribution in [-0.2, 0) is 0 Å². The molecule has 24 heavy (non-hydrogen) atoms. The zero-order chi connectivity index (χ0) is 16.9. The van der Waals surface area contributed by atoms with Crippen molar-refractivity contribution in [2.75, 3.05) is 19.0 Å². The molecule has 3 nitrogen and oxygen atoms in total. The Balaban J connectivity index is 1.74. The second-order valence-electron chi connectivity index (χ2n) is 5.72. The Morgan fingerprint density at radius 2 is 1.46 bits per heavy atom. The lowest BCUT2D eigenvalue weighted by Crippen LogP contribution is -2.12. The van der Waals surface area contributed by atoms with Crippen molar-refractivity contribution in [1.29, 1.82) is 0 Å². The zero-order valence-electron chi connectivity index (χ0n) is 13.8. The number of esters is 1. The van der Waals surface area contributed by atoms with E-state index in [0.29, 0.717) is 11.3 Å². The average molecular weight is 317 g/mol. The fraction of sp³-hybridized carbons (Fsp3) is 0.0952. The van der Waals surface area contributed by atoms with Crippen LogP contribution in [0.5, 0.6) is 5.75 Å². The van der Waals surface area contributed by atoms with Gasteiger partial charge in [0, 0.05) is 19.8 Å². The molecule has 0 aliphatic rings. The summed E-state index contributed by atoms with van der Waals surface area (Å²) in [6.07, 6.45) is 0. The predicted octanol–water partition coefficient (Wildman–Crippen LogP) is 4.64. The van der Waals surface area contributed by atoms with Crippen LogP contribution in [0.15, 0.2) is 78.9 Å². The van der Waals surface area contributed by atoms with Crippen molar-refractivity contribution >= 4 is 11.7 Å². The summed E-state index contributed by atoms with van der Waals surface area (Å²) in [7, 11) is 3.87. The molecule has 0 N–H and O–H groups in total. The van der Waals surface area contributed by atoms with Crippen LogP contribution >= 0.6 is 0 Å². The Bertz CT molecular complexity index is 824. The highest BCUT2D eigenvalue weighted by molar-refractivity contribution is 5.92. The van der Waals surface area contributed by atoms with Gasteiger partial charge in [-0.25, -0.2) is 4.79 Å². The summed E-state index contributed by atoms with van der Waals surface area (Å²) in [6, 6.07) is 25.0. The van der Waals surface area contributed by atoms with E-state index in [4.69, 9.17) is 4.74 Å². The van der Waals surface area contributed by atoms with Gasteiger partial charge in [0.2, 0.25) is 0 Å². The third kappa shape index (κ3) is 3.63. The topological polar surface area (TPSA) is 29.5 Å². The first-order chi connectivity index (χ1) is 11.6. The van der Waals surface area contributed by atoms with Crippen LogP contribution in [-0.4, -0.2) is 20.1 Å². The first-order valence-electron chi connectivity index (χ1n) is 7.78. The predicted molar refractivity (Wildman–Crippen MR) is 97.6 cm³/mol. The largest absolute Gasteiger partial charge is 0.423 e. The number of nitrogens with zero attached hydrogens (tertiary/aromatic N) is 1. The minimum atomic E-state index is -0.355. The minimum Gasteiger partial charge on any atom is -0.423 e. The van der Waals surface area contributed by atoms with Crippen LogP contribution < -0.4 is 9.64 Å². The van der Waals surface area contributed by atoms with Crippen molar-refractivity contribution < 1.29 is 9.53 Å². The fourth-order valence-corrected chi connectivity index (χ4v) is 2.42. The Morgan fingerprint density at radius 1 is 0.792 bits per heavy atom. The van der Waals surface area contributed by atoms with E-state index in [9.17, 15) is 4.79 Å². The first-order valence-corrected chi connectivity index (χ1v) is 7.78. The summed E-state index contributed by atoms with van der Waals surface area (Å²) in [5, 5.41) is 0. The van der Waals surface area contributed by atoms with Gasteiger partial charge in [0.1, 0.15) is 5.75 Å². The number of carbonyl (C=O) groups is 1. The maximum atomic E-state index is 12.3. The Labute approximate surface area is 142 Å². The van der Waals surface area contributed by atoms with Crippen molar-refractivity contribution in [3.8, 4) is 16.9 Å². The van der Waals surface area contributed by atoms with Crippen molar-refractivity contribution in [1.82, 2.24) is 0 Å². The van der Waals surface area contributed by atoms with Crippen LogP contribution in [0.1, 0.15) is 10.4 Å². The van der Waals surface area contributed by atoms with Gasteiger partial charge in [0.05, 0.1) is 5.56 Å². The van der Waals surface area contributed by atoms with Gasteiger partial charge < -0.3 is 9.64 Å². The summed E-state index contributed by atoms with van der Waals surface area (Å²) in [5.74, 6) is 0.182. The number of hydrogen-bond acceptors (Lipinski definition) is 3. The molecule has 3 rings (SSSR count). The average Bonchev–Trinajstić information content (AvgIpc) is 2.63. The number of hydrogen-bond donors (Lipinski definition) is 0. The third-order valence-electron chi connectivity index (χ3n) is 3.77. The van der Waals surface area contributed by atoms with E-state index < -0.39 is 0 Å². The van der Waals surface area contributed by atoms with Gasteiger partial charge in [0.25, 0.3) is 0 Å². The smallest absolute Gasteiger partial charge is 0.343 e. The first kappa shape index (κ1) is 15.8. The molecule has 0 aliphatic carbocycles. The molecule has 0 unspecified atom stereocenters. The van der Waals surface area contributed by atoms with Crippen molar-refractivity contribution in [2.45, 2.75) is 0 Å². The molecular formula is C21H19NO2. The van der Waals surface area contributed by atoms with Gasteiger partial charge in [-0.15, -0.1) is 0 Å². The molecule has 3 aromatic carbocycles. The number of carbonyl (C=O) groups excluding carboxylic acids is 1. The zero-order valence-corrected chi connectivity index (χ0v) is 13.8. The Morgan fingerprint density at radius 3 is 2.12 bits per heavy atom. The van der Waals surface area contributed by atoms with E-state index >= 15 is 0 Å². The van der Waals surface area contributed by atoms with Gasteiger partial charge in [0.15, 0.2) is 0 Å². The second kappa shape index (κ2) is 7.01. The second-order valence-corrected chi connectivity index (χ2v) is 5.72. The molecule has 0 aliphatic heterocycles. The molecule has 120 valence electrons. The highest BCUT2D eigenvalue weighted by atomic mass is 16.5. The van der Waals surface area contributed by atoms with Crippen molar-refractivity contribution in [3.05, 3.63) is 84.4 Å². The Kier molecular flexibility index (Phi) is 4.62. The van der Waals surface area contributed by atoms with E-state index in [1.54, 1.807) is 6.07 Å². The standard InChI is InChI=1S/C21H19NO2/c1-22(2)19-10-6-9-18(15-19)21(23)24-20-13-11-17(12-14-20)16-7-4-3-5-8-16/h3-15H,1-2H3. The van der Waals surface area contributed by atoms with Crippen LogP contribution in [0.2, 0.25) is 0 Å². The maximum Gasteiger partial charge on any atom is 0.343 e. The maximum absolute atomic E-state index is 12.3. The summed E-state index contributed by atoms with van der Waals surface area (Å²) < 4.78 is 5.47. The molecule has 0 radical (unpaired) electrons. The van der Waals surface area contributed by atoms with E-state index in [0.717, 1.165) is 16.8 Å². The van der Waals surface area contributed by atoms with Gasteiger partial charge in [-0.2, -0.15) is 0 Å². The van der Waals surface area contributed by atoms with E-state index in [2.05, 4.69) is 0 Å². The minimum absolute atomic E-state index is 0.355. The molecule has 3 aromatic rings. The van der Waals surface area contributed by atoms with Crippen molar-refractivity contribution in [2.24, 2.45) is 0 Å². The SMILES string of the molecule is CN(C)c1cccc(C(=O)Oc2ccc(-c3ccccc3)cc2)c1. The van der Waals surface area contributed by atoms with Gasteiger partial charge in [-0.3, -0.25) is 0 Å². The summed E-state index contributed by atoms with van der Waals surface area (Å²) in [6.45, 7) is 0. The lowest BCUT2D eigenvalue weighted by atomic mass is 10.1. The highest BCUT2D eigenvalue weighted by Crippen LogP contribution is 2.23. The fourth-order valence-electron chi connectivity index (χ4n) is 2.42. The number of rotatable bonds is 4. The molecule has 0 fully saturated rings. The van der Waals surface area contributed by atoms with E-state index in [-0.39, 0.29) is 5.97 Å². The molecule has 0 heterocycles. The molecule has 0 amide bonds. The third-order valence-corrected chi connectivity index (χ3v) is 3.77.